The summed E-state index contributed by atoms with van der Waals surface area (Å²) in [7, 11) is -3.75. The van der Waals surface area contributed by atoms with E-state index < -0.39 is 10.0 Å². The van der Waals surface area contributed by atoms with Crippen LogP contribution < -0.4 is 10.2 Å². The number of hydrogen-bond acceptors (Lipinski definition) is 5. The summed E-state index contributed by atoms with van der Waals surface area (Å²) >= 11 is 5.86. The normalized spacial score (nSPS) is 16.7. The first kappa shape index (κ1) is 19.5. The van der Waals surface area contributed by atoms with Gasteiger partial charge in [0.2, 0.25) is 0 Å². The second kappa shape index (κ2) is 7.54. The van der Waals surface area contributed by atoms with Crippen molar-refractivity contribution in [3.63, 3.8) is 0 Å². The molecule has 4 nitrogen and oxygen atoms in total. The molecule has 0 fully saturated rings. The van der Waals surface area contributed by atoms with Crippen LogP contribution in [0.4, 0.5) is 5.69 Å². The van der Waals surface area contributed by atoms with Crippen molar-refractivity contribution in [1.29, 1.82) is 0 Å². The number of benzene rings is 2. The molecule has 1 aromatic heterocycles. The van der Waals surface area contributed by atoms with Gasteiger partial charge in [-0.2, -0.15) is 0 Å². The largest absolute Gasteiger partial charge is 0.289 e. The maximum absolute atomic E-state index is 12.9. The summed E-state index contributed by atoms with van der Waals surface area (Å²) in [6.45, 7) is 2.19. The van der Waals surface area contributed by atoms with Gasteiger partial charge in [0.1, 0.15) is 4.90 Å². The molecule has 0 bridgehead atoms. The summed E-state index contributed by atoms with van der Waals surface area (Å²) < 4.78 is 28.9. The SMILES string of the molecule is CCC1CCc2c(sc3cc(NS(=O)(=O)c4ccccc4S)ccc3c2=O)C1. The third kappa shape index (κ3) is 3.58. The lowest BCUT2D eigenvalue weighted by Gasteiger charge is -2.22. The third-order valence-electron chi connectivity index (χ3n) is 5.33. The Morgan fingerprint density at radius 1 is 1.21 bits per heavy atom. The highest BCUT2D eigenvalue weighted by atomic mass is 32.2. The van der Waals surface area contributed by atoms with E-state index in [0.29, 0.717) is 21.9 Å². The minimum Gasteiger partial charge on any atom is -0.289 e. The molecule has 1 atom stereocenters. The van der Waals surface area contributed by atoms with Gasteiger partial charge in [-0.25, -0.2) is 8.42 Å². The first-order valence-corrected chi connectivity index (χ1v) is 12.0. The van der Waals surface area contributed by atoms with Crippen LogP contribution in [0.15, 0.2) is 57.1 Å². The van der Waals surface area contributed by atoms with Crippen molar-refractivity contribution in [2.45, 2.75) is 42.4 Å². The highest BCUT2D eigenvalue weighted by Gasteiger charge is 2.22. The van der Waals surface area contributed by atoms with Crippen molar-refractivity contribution in [1.82, 2.24) is 0 Å². The lowest BCUT2D eigenvalue weighted by atomic mass is 9.87. The van der Waals surface area contributed by atoms with E-state index in [1.54, 1.807) is 47.7 Å². The number of thiol groups is 1. The Morgan fingerprint density at radius 3 is 2.75 bits per heavy atom. The topological polar surface area (TPSA) is 63.2 Å². The van der Waals surface area contributed by atoms with Gasteiger partial charge in [-0.15, -0.1) is 24.0 Å². The van der Waals surface area contributed by atoms with E-state index in [1.807, 2.05) is 0 Å². The Balaban J connectivity index is 1.74. The molecule has 7 heteroatoms. The summed E-state index contributed by atoms with van der Waals surface area (Å²) in [6, 6.07) is 11.7. The maximum Gasteiger partial charge on any atom is 0.262 e. The van der Waals surface area contributed by atoms with E-state index in [4.69, 9.17) is 0 Å². The minimum absolute atomic E-state index is 0.0911. The van der Waals surface area contributed by atoms with Gasteiger partial charge in [-0.3, -0.25) is 9.52 Å². The molecule has 0 amide bonds. The van der Waals surface area contributed by atoms with E-state index in [0.717, 1.165) is 40.8 Å². The fraction of sp³-hybridized carbons (Fsp3) is 0.286. The van der Waals surface area contributed by atoms with E-state index in [2.05, 4.69) is 24.3 Å². The molecule has 1 N–H and O–H groups in total. The monoisotopic (exact) mass is 431 g/mol. The number of nitrogens with one attached hydrogen (secondary N) is 1. The molecular weight excluding hydrogens is 410 g/mol. The van der Waals surface area contributed by atoms with Gasteiger partial charge < -0.3 is 0 Å². The fourth-order valence-corrected chi connectivity index (χ4v) is 6.74. The number of rotatable bonds is 4. The van der Waals surface area contributed by atoms with E-state index >= 15 is 0 Å². The quantitative estimate of drug-likeness (QED) is 0.580. The predicted molar refractivity (Wildman–Crippen MR) is 118 cm³/mol. The molecular formula is C21H21NO3S3. The van der Waals surface area contributed by atoms with Crippen LogP contribution in [-0.2, 0) is 22.9 Å². The van der Waals surface area contributed by atoms with Crippen molar-refractivity contribution in [3.05, 3.63) is 63.1 Å². The molecule has 1 aliphatic carbocycles. The molecule has 0 saturated carbocycles. The van der Waals surface area contributed by atoms with Crippen molar-refractivity contribution >= 4 is 49.8 Å². The van der Waals surface area contributed by atoms with Crippen LogP contribution in [0.5, 0.6) is 0 Å². The summed E-state index contributed by atoms with van der Waals surface area (Å²) in [5.74, 6) is 0.620. The molecule has 0 radical (unpaired) electrons. The van der Waals surface area contributed by atoms with Gasteiger partial charge in [0.05, 0.1) is 5.69 Å². The van der Waals surface area contributed by atoms with Crippen LogP contribution in [0, 0.1) is 5.92 Å². The van der Waals surface area contributed by atoms with Crippen LogP contribution in [0.1, 0.15) is 30.2 Å². The Morgan fingerprint density at radius 2 is 2.00 bits per heavy atom. The molecule has 2 aromatic carbocycles. The Kier molecular flexibility index (Phi) is 5.24. The Labute approximate surface area is 174 Å². The molecule has 1 heterocycles. The van der Waals surface area contributed by atoms with E-state index in [9.17, 15) is 13.2 Å². The molecule has 0 aliphatic heterocycles. The van der Waals surface area contributed by atoms with Crippen molar-refractivity contribution in [2.75, 3.05) is 4.72 Å². The van der Waals surface area contributed by atoms with Crippen molar-refractivity contribution in [2.24, 2.45) is 5.92 Å². The Hall–Kier alpha value is -1.83. The first-order valence-electron chi connectivity index (χ1n) is 9.28. The lowest BCUT2D eigenvalue weighted by Crippen LogP contribution is -2.20. The average molecular weight is 432 g/mol. The summed E-state index contributed by atoms with van der Waals surface area (Å²) in [6.07, 6.45) is 3.95. The molecule has 1 aliphatic rings. The van der Waals surface area contributed by atoms with Crippen LogP contribution >= 0.6 is 24.0 Å². The van der Waals surface area contributed by atoms with Gasteiger partial charge in [0.25, 0.3) is 10.0 Å². The minimum atomic E-state index is -3.75. The molecule has 4 rings (SSSR count). The number of hydrogen-bond donors (Lipinski definition) is 2. The third-order valence-corrected chi connectivity index (χ3v) is 8.53. The molecule has 0 spiro atoms. The van der Waals surface area contributed by atoms with Gasteiger partial charge >= 0.3 is 0 Å². The van der Waals surface area contributed by atoms with Gasteiger partial charge in [0, 0.05) is 25.4 Å². The molecule has 1 unspecified atom stereocenters. The van der Waals surface area contributed by atoms with Crippen LogP contribution in [0.3, 0.4) is 0 Å². The first-order chi connectivity index (χ1) is 13.4. The predicted octanol–water partition coefficient (Wildman–Crippen LogP) is 4.87. The van der Waals surface area contributed by atoms with Crippen LogP contribution in [-0.4, -0.2) is 8.42 Å². The van der Waals surface area contributed by atoms with Crippen LogP contribution in [0.25, 0.3) is 10.1 Å². The van der Waals surface area contributed by atoms with E-state index in [1.165, 1.54) is 6.07 Å². The summed E-state index contributed by atoms with van der Waals surface area (Å²) in [4.78, 5) is 14.6. The standard InChI is InChI=1S/C21H21NO3S3/c1-2-13-7-9-15-18(11-13)27-19-12-14(8-10-16(19)21(15)23)22-28(24,25)20-6-4-3-5-17(20)26/h3-6,8,10,12-13,22,26H,2,7,9,11H2,1H3. The molecule has 146 valence electrons. The lowest BCUT2D eigenvalue weighted by molar-refractivity contribution is 0.448. The summed E-state index contributed by atoms with van der Waals surface area (Å²) in [5, 5.41) is 0.663. The average Bonchev–Trinajstić information content (AvgIpc) is 2.67. The maximum atomic E-state index is 12.9. The van der Waals surface area contributed by atoms with Gasteiger partial charge in [0.15, 0.2) is 5.43 Å². The number of fused-ring (bicyclic) bond motifs is 2. The second-order valence-electron chi connectivity index (χ2n) is 7.13. The Bertz CT molecular complexity index is 1220. The van der Waals surface area contributed by atoms with Crippen LogP contribution in [0.2, 0.25) is 0 Å². The van der Waals surface area contributed by atoms with Gasteiger partial charge in [-0.05, 0) is 55.5 Å². The molecule has 3 aromatic rings. The van der Waals surface area contributed by atoms with E-state index in [-0.39, 0.29) is 10.3 Å². The second-order valence-corrected chi connectivity index (χ2v) is 10.4. The highest BCUT2D eigenvalue weighted by Crippen LogP contribution is 2.33. The zero-order valence-electron chi connectivity index (χ0n) is 15.4. The summed E-state index contributed by atoms with van der Waals surface area (Å²) in [5.41, 5.74) is 1.48. The zero-order chi connectivity index (χ0) is 19.9. The van der Waals surface area contributed by atoms with Crippen molar-refractivity contribution in [3.8, 4) is 0 Å². The number of sulfonamides is 1. The highest BCUT2D eigenvalue weighted by molar-refractivity contribution is 7.93. The zero-order valence-corrected chi connectivity index (χ0v) is 18.0. The molecule has 28 heavy (non-hydrogen) atoms. The number of anilines is 1. The fourth-order valence-electron chi connectivity index (χ4n) is 3.71. The molecule has 0 saturated heterocycles. The van der Waals surface area contributed by atoms with Crippen molar-refractivity contribution < 1.29 is 8.42 Å². The van der Waals surface area contributed by atoms with Gasteiger partial charge in [-0.1, -0.05) is 25.5 Å². The smallest absolute Gasteiger partial charge is 0.262 e.